The summed E-state index contributed by atoms with van der Waals surface area (Å²) in [6.07, 6.45) is 0.805. The van der Waals surface area contributed by atoms with Crippen LogP contribution in [0.5, 0.6) is 0 Å². The molecule has 1 rings (SSSR count). The summed E-state index contributed by atoms with van der Waals surface area (Å²) in [5.74, 6) is 0. The topological polar surface area (TPSA) is 35.8 Å². The number of benzene rings is 1. The minimum absolute atomic E-state index is 0.143. The zero-order chi connectivity index (χ0) is 13.8. The fraction of sp³-hybridized carbons (Fsp3) is 0.500. The molecule has 0 saturated heterocycles. The number of hydrogen-bond acceptors (Lipinski definition) is 2. The molecular formula is C14H18Cl2N2. The van der Waals surface area contributed by atoms with Gasteiger partial charge >= 0.3 is 0 Å². The van der Waals surface area contributed by atoms with Crippen molar-refractivity contribution in [3.05, 3.63) is 33.8 Å². The molecule has 0 aromatic heterocycles. The average molecular weight is 285 g/mol. The van der Waals surface area contributed by atoms with Crippen molar-refractivity contribution >= 4 is 23.2 Å². The van der Waals surface area contributed by atoms with E-state index in [1.165, 1.54) is 0 Å². The Kier molecular flexibility index (Phi) is 5.47. The van der Waals surface area contributed by atoms with Crippen molar-refractivity contribution in [2.24, 2.45) is 5.41 Å². The smallest absolute Gasteiger partial charge is 0.0684 e. The van der Waals surface area contributed by atoms with E-state index in [0.717, 1.165) is 18.5 Å². The molecular weight excluding hydrogens is 267 g/mol. The van der Waals surface area contributed by atoms with E-state index < -0.39 is 0 Å². The summed E-state index contributed by atoms with van der Waals surface area (Å²) in [6, 6.07) is 7.94. The summed E-state index contributed by atoms with van der Waals surface area (Å²) in [7, 11) is 0. The lowest BCUT2D eigenvalue weighted by molar-refractivity contribution is 0.416. The van der Waals surface area contributed by atoms with Crippen molar-refractivity contribution in [1.29, 1.82) is 5.26 Å². The van der Waals surface area contributed by atoms with Crippen molar-refractivity contribution in [1.82, 2.24) is 5.32 Å². The van der Waals surface area contributed by atoms with Crippen molar-refractivity contribution in [3.63, 3.8) is 0 Å². The number of nitrogens with one attached hydrogen (secondary N) is 1. The zero-order valence-corrected chi connectivity index (χ0v) is 12.4. The molecule has 4 heteroatoms. The van der Waals surface area contributed by atoms with Crippen LogP contribution in [-0.2, 0) is 0 Å². The molecule has 1 aromatic rings. The second-order valence-corrected chi connectivity index (χ2v) is 5.93. The fourth-order valence-electron chi connectivity index (χ4n) is 1.62. The van der Waals surface area contributed by atoms with Gasteiger partial charge in [-0.05, 0) is 51.4 Å². The molecule has 0 bridgehead atoms. The summed E-state index contributed by atoms with van der Waals surface area (Å²) in [6.45, 7) is 6.71. The van der Waals surface area contributed by atoms with E-state index in [4.69, 9.17) is 28.5 Å². The highest BCUT2D eigenvalue weighted by molar-refractivity contribution is 6.35. The van der Waals surface area contributed by atoms with Gasteiger partial charge in [-0.1, -0.05) is 29.3 Å². The summed E-state index contributed by atoms with van der Waals surface area (Å²) in [4.78, 5) is 0. The van der Waals surface area contributed by atoms with Crippen LogP contribution in [0, 0.1) is 16.7 Å². The first-order chi connectivity index (χ1) is 8.35. The van der Waals surface area contributed by atoms with Crippen LogP contribution < -0.4 is 5.32 Å². The first kappa shape index (κ1) is 15.3. The van der Waals surface area contributed by atoms with Crippen LogP contribution in [0.1, 0.15) is 38.8 Å². The molecule has 1 atom stereocenters. The first-order valence-electron chi connectivity index (χ1n) is 5.95. The van der Waals surface area contributed by atoms with E-state index >= 15 is 0 Å². The van der Waals surface area contributed by atoms with Gasteiger partial charge in [0.2, 0.25) is 0 Å². The lowest BCUT2D eigenvalue weighted by Crippen LogP contribution is -2.24. The van der Waals surface area contributed by atoms with Gasteiger partial charge in [0.1, 0.15) is 0 Å². The molecule has 0 spiro atoms. The molecule has 1 N–H and O–H groups in total. The zero-order valence-electron chi connectivity index (χ0n) is 10.9. The third-order valence-corrected chi connectivity index (χ3v) is 3.49. The number of halogens is 2. The highest BCUT2D eigenvalue weighted by Crippen LogP contribution is 2.26. The fourth-order valence-corrected chi connectivity index (χ4v) is 2.19. The maximum absolute atomic E-state index is 8.94. The molecule has 0 radical (unpaired) electrons. The number of hydrogen-bond donors (Lipinski definition) is 1. The van der Waals surface area contributed by atoms with Gasteiger partial charge in [0.15, 0.2) is 0 Å². The van der Waals surface area contributed by atoms with E-state index in [9.17, 15) is 0 Å². The van der Waals surface area contributed by atoms with Crippen molar-refractivity contribution in [2.45, 2.75) is 33.2 Å². The molecule has 1 unspecified atom stereocenters. The maximum atomic E-state index is 8.94. The van der Waals surface area contributed by atoms with Gasteiger partial charge in [-0.3, -0.25) is 0 Å². The lowest BCUT2D eigenvalue weighted by Gasteiger charge is -2.19. The molecule has 0 saturated carbocycles. The van der Waals surface area contributed by atoms with E-state index in [-0.39, 0.29) is 11.5 Å². The Bertz CT molecular complexity index is 450. The molecule has 0 fully saturated rings. The normalized spacial score (nSPS) is 13.1. The van der Waals surface area contributed by atoms with Gasteiger partial charge in [-0.15, -0.1) is 0 Å². The number of nitriles is 1. The molecule has 0 heterocycles. The molecule has 0 amide bonds. The summed E-state index contributed by atoms with van der Waals surface area (Å²) >= 11 is 12.0. The van der Waals surface area contributed by atoms with Crippen LogP contribution in [0.3, 0.4) is 0 Å². The maximum Gasteiger partial charge on any atom is 0.0684 e. The average Bonchev–Trinajstić information content (AvgIpc) is 2.28. The van der Waals surface area contributed by atoms with E-state index in [2.05, 4.69) is 18.3 Å². The van der Waals surface area contributed by atoms with Gasteiger partial charge in [0.05, 0.1) is 11.5 Å². The largest absolute Gasteiger partial charge is 0.310 e. The summed E-state index contributed by atoms with van der Waals surface area (Å²) in [5.41, 5.74) is 0.729. The first-order valence-corrected chi connectivity index (χ1v) is 6.71. The van der Waals surface area contributed by atoms with Crippen LogP contribution in [-0.4, -0.2) is 6.54 Å². The Labute approximate surface area is 119 Å². The van der Waals surface area contributed by atoms with Crippen LogP contribution >= 0.6 is 23.2 Å². The molecule has 98 valence electrons. The number of rotatable bonds is 5. The Morgan fingerprint density at radius 2 is 2.06 bits per heavy atom. The quantitative estimate of drug-likeness (QED) is 0.859. The summed E-state index contributed by atoms with van der Waals surface area (Å²) < 4.78 is 0. The van der Waals surface area contributed by atoms with Crippen molar-refractivity contribution < 1.29 is 0 Å². The van der Waals surface area contributed by atoms with E-state index in [1.54, 1.807) is 6.07 Å². The lowest BCUT2D eigenvalue weighted by atomic mass is 9.91. The standard InChI is InChI=1S/C14H18Cl2N2/c1-10(18-7-6-14(2,3)9-17)12-5-4-11(15)8-13(12)16/h4-5,8,10,18H,6-7H2,1-3H3. The molecule has 0 aliphatic carbocycles. The Balaban J connectivity index is 2.56. The van der Waals surface area contributed by atoms with Gasteiger partial charge < -0.3 is 5.32 Å². The second kappa shape index (κ2) is 6.43. The number of nitrogens with zero attached hydrogens (tertiary/aromatic N) is 1. The molecule has 0 aliphatic heterocycles. The third-order valence-electron chi connectivity index (χ3n) is 2.93. The predicted molar refractivity (Wildman–Crippen MR) is 76.9 cm³/mol. The molecule has 18 heavy (non-hydrogen) atoms. The van der Waals surface area contributed by atoms with E-state index in [1.807, 2.05) is 26.0 Å². The Morgan fingerprint density at radius 3 is 2.61 bits per heavy atom. The Morgan fingerprint density at radius 1 is 1.39 bits per heavy atom. The predicted octanol–water partition coefficient (Wildman–Crippen LogP) is 4.58. The Hall–Kier alpha value is -0.750. The van der Waals surface area contributed by atoms with Crippen molar-refractivity contribution in [2.75, 3.05) is 6.54 Å². The minimum atomic E-state index is -0.295. The second-order valence-electron chi connectivity index (χ2n) is 5.09. The molecule has 0 aliphatic rings. The molecule has 1 aromatic carbocycles. The highest BCUT2D eigenvalue weighted by Gasteiger charge is 2.17. The minimum Gasteiger partial charge on any atom is -0.310 e. The molecule has 2 nitrogen and oxygen atoms in total. The third kappa shape index (κ3) is 4.49. The monoisotopic (exact) mass is 284 g/mol. The van der Waals surface area contributed by atoms with Crippen LogP contribution in [0.25, 0.3) is 0 Å². The van der Waals surface area contributed by atoms with Crippen molar-refractivity contribution in [3.8, 4) is 6.07 Å². The van der Waals surface area contributed by atoms with Gasteiger partial charge in [-0.2, -0.15) is 5.26 Å². The highest BCUT2D eigenvalue weighted by atomic mass is 35.5. The SMILES string of the molecule is CC(NCCC(C)(C)C#N)c1ccc(Cl)cc1Cl. The van der Waals surface area contributed by atoms with E-state index in [0.29, 0.717) is 10.0 Å². The van der Waals surface area contributed by atoms with Crippen LogP contribution in [0.15, 0.2) is 18.2 Å². The summed E-state index contributed by atoms with van der Waals surface area (Å²) in [5, 5.41) is 13.6. The van der Waals surface area contributed by atoms with Crippen LogP contribution in [0.2, 0.25) is 10.0 Å². The van der Waals surface area contributed by atoms with Gasteiger partial charge in [0.25, 0.3) is 0 Å². The van der Waals surface area contributed by atoms with Gasteiger partial charge in [0, 0.05) is 16.1 Å². The van der Waals surface area contributed by atoms with Crippen LogP contribution in [0.4, 0.5) is 0 Å². The van der Waals surface area contributed by atoms with Gasteiger partial charge in [-0.25, -0.2) is 0 Å².